The third-order valence-electron chi connectivity index (χ3n) is 22.7. The number of aliphatic hydroxyl groups is 1. The average Bonchev–Trinajstić information content (AvgIpc) is 1.66. The van der Waals surface area contributed by atoms with E-state index >= 15 is 0 Å². The van der Waals surface area contributed by atoms with Crippen LogP contribution in [0.25, 0.3) is 10.9 Å². The maximum Gasteiger partial charge on any atom is 0.305 e. The number of nitrogens with zero attached hydrogens (tertiary/aromatic N) is 2. The summed E-state index contributed by atoms with van der Waals surface area (Å²) in [5.74, 6) is -21.4. The molecule has 30 N–H and O–H groups in total. The zero-order chi connectivity index (χ0) is 99.6. The lowest BCUT2D eigenvalue weighted by Crippen LogP contribution is -2.61. The van der Waals surface area contributed by atoms with Crippen molar-refractivity contribution in [3.05, 3.63) is 71.9 Å². The molecule has 742 valence electrons. The van der Waals surface area contributed by atoms with Crippen molar-refractivity contribution in [3.63, 3.8) is 0 Å². The van der Waals surface area contributed by atoms with Gasteiger partial charge in [0.15, 0.2) is 0 Å². The first-order valence-corrected chi connectivity index (χ1v) is 45.4. The molecule has 3 aromatic rings. The first-order chi connectivity index (χ1) is 63.5. The topological polar surface area (TPSA) is 757 Å². The van der Waals surface area contributed by atoms with Crippen molar-refractivity contribution in [1.82, 2.24) is 83.9 Å². The molecule has 2 fully saturated rings. The number of H-pyrrole nitrogens is 1. The van der Waals surface area contributed by atoms with E-state index in [4.69, 9.17) is 39.5 Å². The van der Waals surface area contributed by atoms with Crippen LogP contribution in [0, 0.1) is 11.8 Å². The molecular weight excluding hydrogens is 1750 g/mol. The number of hydrogen-bond acceptors (Lipinski definition) is 25. The Labute approximate surface area is 775 Å². The van der Waals surface area contributed by atoms with Gasteiger partial charge in [0.05, 0.1) is 19.1 Å². The van der Waals surface area contributed by atoms with Gasteiger partial charge in [0.25, 0.3) is 0 Å². The second-order valence-electron chi connectivity index (χ2n) is 34.5. The van der Waals surface area contributed by atoms with Crippen LogP contribution in [0.1, 0.15) is 194 Å². The summed E-state index contributed by atoms with van der Waals surface area (Å²) in [7, 11) is 0. The Morgan fingerprint density at radius 1 is 0.403 bits per heavy atom. The molecule has 46 nitrogen and oxygen atoms in total. The molecule has 0 saturated carbocycles. The highest BCUT2D eigenvalue weighted by molar-refractivity contribution is 6.02. The zero-order valence-corrected chi connectivity index (χ0v) is 76.7. The Morgan fingerprint density at radius 3 is 1.29 bits per heavy atom. The second-order valence-corrected chi connectivity index (χ2v) is 34.5. The molecule has 2 saturated heterocycles. The third kappa shape index (κ3) is 37.3. The van der Waals surface area contributed by atoms with E-state index in [-0.39, 0.29) is 103 Å². The number of aromatic nitrogens is 1. The van der Waals surface area contributed by atoms with E-state index in [2.05, 4.69) is 74.1 Å². The number of rotatable bonds is 61. The fourth-order valence-electron chi connectivity index (χ4n) is 15.4. The summed E-state index contributed by atoms with van der Waals surface area (Å²) in [6.07, 6.45) is 0.356. The number of carboxylic acids is 3. The van der Waals surface area contributed by atoms with Crippen molar-refractivity contribution in [3.8, 4) is 0 Å². The largest absolute Gasteiger partial charge is 0.481 e. The van der Waals surface area contributed by atoms with Crippen LogP contribution in [-0.4, -0.2) is 290 Å². The molecule has 16 atom stereocenters. The second kappa shape index (κ2) is 56.9. The normalized spacial score (nSPS) is 16.7. The van der Waals surface area contributed by atoms with E-state index in [0.29, 0.717) is 79.9 Å². The van der Waals surface area contributed by atoms with Gasteiger partial charge in [-0.1, -0.05) is 76.2 Å². The lowest BCUT2D eigenvalue weighted by Gasteiger charge is -2.32. The quantitative estimate of drug-likeness (QED) is 0.0235. The molecule has 0 aliphatic carbocycles. The molecule has 0 radical (unpaired) electrons. The summed E-state index contributed by atoms with van der Waals surface area (Å²) in [5, 5.41) is 72.8. The van der Waals surface area contributed by atoms with Crippen LogP contribution in [0.4, 0.5) is 0 Å². The van der Waals surface area contributed by atoms with Gasteiger partial charge in [-0.05, 0) is 178 Å². The highest BCUT2D eigenvalue weighted by Crippen LogP contribution is 2.28. The average molecular weight is 1890 g/mol. The summed E-state index contributed by atoms with van der Waals surface area (Å²) in [4.78, 5) is 280. The van der Waals surface area contributed by atoms with E-state index in [1.165, 1.54) is 9.80 Å². The van der Waals surface area contributed by atoms with Crippen molar-refractivity contribution < 1.29 is 116 Å². The van der Waals surface area contributed by atoms with Crippen molar-refractivity contribution in [2.75, 3.05) is 39.3 Å². The molecule has 0 unspecified atom stereocenters. The van der Waals surface area contributed by atoms with Gasteiger partial charge < -0.3 is 139 Å². The number of aliphatic carboxylic acids is 3. The number of likely N-dealkylation sites (tertiary alicyclic amines) is 2. The van der Waals surface area contributed by atoms with E-state index in [1.54, 1.807) is 88.5 Å². The number of amides is 17. The lowest BCUT2D eigenvalue weighted by atomic mass is 9.99. The van der Waals surface area contributed by atoms with Crippen LogP contribution in [0.2, 0.25) is 0 Å². The van der Waals surface area contributed by atoms with Crippen LogP contribution in [0.15, 0.2) is 60.8 Å². The Balaban J connectivity index is 1.32. The van der Waals surface area contributed by atoms with E-state index < -0.39 is 260 Å². The van der Waals surface area contributed by atoms with Gasteiger partial charge in [0.1, 0.15) is 90.6 Å². The number of unbranched alkanes of at least 4 members (excludes halogenated alkanes) is 3. The van der Waals surface area contributed by atoms with Gasteiger partial charge in [-0.3, -0.25) is 95.9 Å². The van der Waals surface area contributed by atoms with E-state index in [9.17, 15) is 111 Å². The van der Waals surface area contributed by atoms with Crippen LogP contribution in [-0.2, 0) is 109 Å². The summed E-state index contributed by atoms with van der Waals surface area (Å²) in [6, 6.07) is -9.07. The van der Waals surface area contributed by atoms with Crippen molar-refractivity contribution in [2.24, 2.45) is 46.2 Å². The van der Waals surface area contributed by atoms with Crippen molar-refractivity contribution in [2.45, 2.75) is 292 Å². The minimum atomic E-state index is -1.98. The molecule has 134 heavy (non-hydrogen) atoms. The van der Waals surface area contributed by atoms with Crippen molar-refractivity contribution >= 4 is 129 Å². The molecule has 2 aliphatic rings. The summed E-state index contributed by atoms with van der Waals surface area (Å²) < 4.78 is 0. The molecule has 5 rings (SSSR count). The number of nitrogens with one attached hydrogen (secondary N) is 14. The minimum absolute atomic E-state index is 0.0178. The zero-order valence-electron chi connectivity index (χ0n) is 76.7. The number of para-hydroxylation sites is 1. The Kier molecular flexibility index (Phi) is 47.4. The van der Waals surface area contributed by atoms with Gasteiger partial charge in [-0.15, -0.1) is 0 Å². The highest BCUT2D eigenvalue weighted by atomic mass is 16.4. The van der Waals surface area contributed by atoms with Crippen LogP contribution < -0.4 is 104 Å². The van der Waals surface area contributed by atoms with Gasteiger partial charge in [0, 0.05) is 62.3 Å². The van der Waals surface area contributed by atoms with E-state index in [0.717, 1.165) is 13.8 Å². The predicted octanol–water partition coefficient (Wildman–Crippen LogP) is -4.97. The first kappa shape index (κ1) is 112. The number of benzene rings is 2. The number of carboxylic acid groups (broad SMARTS) is 3. The van der Waals surface area contributed by atoms with E-state index in [1.807, 2.05) is 0 Å². The SMILES string of the molecule is CC(C)C[C@H](NC(=O)[C@H](CC(=O)O)NC(=O)[C@H](C)NC(=O)[C@H](Cc1ccccc1)NC(=O)[C@H](C)NC(=O)[C@H](CCC(=O)O)NC(=O)[C@H](CCC(N)=O)NC(=O)[C@H](CO)NC(=O)[C@H](CC(C)C)NC(=O)[C@@H]1CCCN1C(=O)[C@@H]1CCCN1C(=O)[C@@H](N)CCC(=O)O)C(=O)N[C@@H](Cc1c[nH]c2ccccc12)C(=O)N[C@@H](CCCCN)C(=O)N[C@@H](CCCCN)C(=O)N[C@@H](CCCCN)C(N)=O. The smallest absolute Gasteiger partial charge is 0.305 e. The summed E-state index contributed by atoms with van der Waals surface area (Å²) in [5.41, 5.74) is 36.0. The third-order valence-corrected chi connectivity index (χ3v) is 22.7. The summed E-state index contributed by atoms with van der Waals surface area (Å²) in [6.45, 7) is 8.99. The molecular formula is C88H136N22O24. The fourth-order valence-corrected chi connectivity index (χ4v) is 15.4. The number of carbonyl (C=O) groups is 20. The number of primary amides is 2. The lowest BCUT2D eigenvalue weighted by molar-refractivity contribution is -0.147. The molecule has 2 aliphatic heterocycles. The van der Waals surface area contributed by atoms with Gasteiger partial charge in [0.2, 0.25) is 100 Å². The Morgan fingerprint density at radius 2 is 0.791 bits per heavy atom. The first-order valence-electron chi connectivity index (χ1n) is 45.4. The highest BCUT2D eigenvalue weighted by Gasteiger charge is 2.45. The number of fused-ring (bicyclic) bond motifs is 1. The van der Waals surface area contributed by atoms with Crippen LogP contribution in [0.5, 0.6) is 0 Å². The molecule has 46 heteroatoms. The Bertz CT molecular complexity index is 4540. The van der Waals surface area contributed by atoms with Crippen molar-refractivity contribution in [1.29, 1.82) is 0 Å². The van der Waals surface area contributed by atoms with Crippen LogP contribution in [0.3, 0.4) is 0 Å². The number of carbonyl (C=O) groups excluding carboxylic acids is 17. The molecule has 0 bridgehead atoms. The maximum absolute atomic E-state index is 15.0. The summed E-state index contributed by atoms with van der Waals surface area (Å²) >= 11 is 0. The standard InChI is InChI=1S/C88H136N22O24/c1-47(2)40-61(81(127)106-64(43-52-45-95-55-23-11-10-22-53(52)55)83(129)100-58(26-14-17-37-91)78(124)99-57(25-13-16-36-90)77(123)98-56(73(94)119)24-12-15-35-89)105-84(130)65(44-72(117)118)104-75(121)50(6)97-80(126)63(42-51-20-8-7-9-21-51)103-74(120)49(5)96-76(122)60(31-34-71(115)116)101-79(125)59(30-32-69(93)112)102-85(131)66(46-111)108-82(128)62(41-48(3)4)107-86(132)67-27-18-38-109(67)88(134)68-28-19-39-110(68)87(133)54(92)29-33-70(113)114/h7-11,20-23,45,47-50,54,56-68,95,111H,12-19,24-44,46,89-92H2,1-6H3,(H2,93,112)(H2,94,119)(H,96,122)(H,97,126)(H,98,123)(H,99,124)(H,100,129)(H,101,125)(H,102,131)(H,103,120)(H,104,121)(H,105,130)(H,106,127)(H,107,132)(H,108,128)(H,113,114)(H,115,116)(H,117,118)/t49-,50-,54-,56-,57-,58-,59-,60-,61-,62-,63-,64-,65-,66-,67-,68-/m0/s1. The molecule has 0 spiro atoms. The maximum atomic E-state index is 15.0. The van der Waals surface area contributed by atoms with Crippen LogP contribution >= 0.6 is 0 Å². The molecule has 17 amide bonds. The number of aliphatic hydroxyl groups excluding tert-OH is 1. The fraction of sp³-hybridized carbons (Fsp3) is 0.614. The monoisotopic (exact) mass is 1890 g/mol. The number of aromatic amines is 1. The van der Waals surface area contributed by atoms with Gasteiger partial charge in [-0.2, -0.15) is 0 Å². The minimum Gasteiger partial charge on any atom is -0.481 e. The van der Waals surface area contributed by atoms with Gasteiger partial charge >= 0.3 is 17.9 Å². The molecule has 1 aromatic heterocycles. The predicted molar refractivity (Wildman–Crippen MR) is 484 cm³/mol. The number of nitrogens with two attached hydrogens (primary N) is 6. The number of hydrogen-bond donors (Lipinski definition) is 24. The van der Waals surface area contributed by atoms with Gasteiger partial charge in [-0.25, -0.2) is 0 Å². The Hall–Kier alpha value is -12.8. The molecule has 3 heterocycles. The molecule has 2 aromatic carbocycles.